The van der Waals surface area contributed by atoms with Crippen LogP contribution < -0.4 is 10.6 Å². The van der Waals surface area contributed by atoms with E-state index in [1.54, 1.807) is 6.07 Å². The van der Waals surface area contributed by atoms with Crippen molar-refractivity contribution in [2.75, 3.05) is 11.9 Å². The fourth-order valence-corrected chi connectivity index (χ4v) is 1.57. The van der Waals surface area contributed by atoms with Crippen LogP contribution in [0.15, 0.2) is 24.3 Å². The maximum Gasteiger partial charge on any atom is 0.319 e. The van der Waals surface area contributed by atoms with E-state index in [9.17, 15) is 9.59 Å². The van der Waals surface area contributed by atoms with Crippen molar-refractivity contribution < 1.29 is 14.7 Å². The van der Waals surface area contributed by atoms with Crippen LogP contribution >= 0.6 is 22.6 Å². The summed E-state index contributed by atoms with van der Waals surface area (Å²) in [7, 11) is 0. The third kappa shape index (κ3) is 4.96. The van der Waals surface area contributed by atoms with Crippen molar-refractivity contribution in [2.45, 2.75) is 6.42 Å². The molecule has 0 fully saturated rings. The van der Waals surface area contributed by atoms with Crippen LogP contribution in [0.5, 0.6) is 0 Å². The first-order valence-corrected chi connectivity index (χ1v) is 5.68. The van der Waals surface area contributed by atoms with Gasteiger partial charge in [-0.3, -0.25) is 4.79 Å². The number of benzene rings is 1. The van der Waals surface area contributed by atoms with E-state index in [0.29, 0.717) is 5.69 Å². The van der Waals surface area contributed by atoms with Gasteiger partial charge in [0.2, 0.25) is 0 Å². The Balaban J connectivity index is 2.37. The van der Waals surface area contributed by atoms with Crippen LogP contribution in [-0.4, -0.2) is 23.7 Å². The number of carbonyl (C=O) groups excluding carboxylic acids is 1. The lowest BCUT2D eigenvalue weighted by Crippen LogP contribution is -2.30. The second-order valence-corrected chi connectivity index (χ2v) is 4.28. The van der Waals surface area contributed by atoms with Gasteiger partial charge >= 0.3 is 12.0 Å². The Morgan fingerprint density at radius 1 is 1.38 bits per heavy atom. The molecule has 1 rings (SSSR count). The van der Waals surface area contributed by atoms with Gasteiger partial charge in [-0.25, -0.2) is 4.79 Å². The predicted molar refractivity (Wildman–Crippen MR) is 68.4 cm³/mol. The minimum absolute atomic E-state index is 0.0836. The van der Waals surface area contributed by atoms with Crippen LogP contribution in [0.25, 0.3) is 0 Å². The second kappa shape index (κ2) is 6.31. The largest absolute Gasteiger partial charge is 0.481 e. The van der Waals surface area contributed by atoms with E-state index in [4.69, 9.17) is 5.11 Å². The van der Waals surface area contributed by atoms with Gasteiger partial charge in [-0.2, -0.15) is 0 Å². The molecule has 0 atom stereocenters. The van der Waals surface area contributed by atoms with Crippen molar-refractivity contribution in [3.8, 4) is 0 Å². The van der Waals surface area contributed by atoms with Crippen molar-refractivity contribution in [3.05, 3.63) is 27.8 Å². The summed E-state index contributed by atoms with van der Waals surface area (Å²) >= 11 is 2.14. The summed E-state index contributed by atoms with van der Waals surface area (Å²) in [5, 5.41) is 13.4. The standard InChI is InChI=1S/C10H11IN2O3/c11-7-2-1-3-8(6-7)13-10(16)12-5-4-9(14)15/h1-3,6H,4-5H2,(H,14,15)(H2,12,13,16). The van der Waals surface area contributed by atoms with Crippen LogP contribution in [0.2, 0.25) is 0 Å². The third-order valence-corrected chi connectivity index (χ3v) is 2.38. The van der Waals surface area contributed by atoms with E-state index >= 15 is 0 Å². The number of carbonyl (C=O) groups is 2. The highest BCUT2D eigenvalue weighted by Gasteiger charge is 2.02. The third-order valence-electron chi connectivity index (χ3n) is 1.71. The predicted octanol–water partition coefficient (Wildman–Crippen LogP) is 1.89. The van der Waals surface area contributed by atoms with Gasteiger partial charge in [-0.1, -0.05) is 6.07 Å². The maximum absolute atomic E-state index is 11.3. The van der Waals surface area contributed by atoms with E-state index in [-0.39, 0.29) is 13.0 Å². The zero-order valence-electron chi connectivity index (χ0n) is 8.37. The molecule has 0 bridgehead atoms. The zero-order valence-corrected chi connectivity index (χ0v) is 10.5. The molecule has 86 valence electrons. The van der Waals surface area contributed by atoms with Gasteiger partial charge < -0.3 is 15.7 Å². The number of urea groups is 1. The Morgan fingerprint density at radius 3 is 2.75 bits per heavy atom. The topological polar surface area (TPSA) is 78.4 Å². The number of amides is 2. The summed E-state index contributed by atoms with van der Waals surface area (Å²) in [4.78, 5) is 21.5. The molecule has 3 N–H and O–H groups in total. The lowest BCUT2D eigenvalue weighted by Gasteiger charge is -2.06. The number of anilines is 1. The summed E-state index contributed by atoms with van der Waals surface area (Å²) in [5.41, 5.74) is 0.680. The molecule has 0 aromatic heterocycles. The Morgan fingerprint density at radius 2 is 2.12 bits per heavy atom. The van der Waals surface area contributed by atoms with Crippen molar-refractivity contribution in [2.24, 2.45) is 0 Å². The van der Waals surface area contributed by atoms with E-state index < -0.39 is 12.0 Å². The molecule has 6 heteroatoms. The number of carboxylic acid groups (broad SMARTS) is 1. The summed E-state index contributed by atoms with van der Waals surface area (Å²) in [6, 6.07) is 6.92. The SMILES string of the molecule is O=C(O)CCNC(=O)Nc1cccc(I)c1. The lowest BCUT2D eigenvalue weighted by atomic mass is 10.3. The molecule has 0 aliphatic carbocycles. The number of carboxylic acids is 1. The first kappa shape index (κ1) is 12.8. The molecular weight excluding hydrogens is 323 g/mol. The van der Waals surface area contributed by atoms with Gasteiger partial charge in [0.15, 0.2) is 0 Å². The zero-order chi connectivity index (χ0) is 12.0. The first-order chi connectivity index (χ1) is 7.58. The van der Waals surface area contributed by atoms with Gasteiger partial charge in [0.1, 0.15) is 0 Å². The number of hydrogen-bond donors (Lipinski definition) is 3. The highest BCUT2D eigenvalue weighted by atomic mass is 127. The van der Waals surface area contributed by atoms with Gasteiger partial charge in [-0.05, 0) is 40.8 Å². The highest BCUT2D eigenvalue weighted by molar-refractivity contribution is 14.1. The number of nitrogens with one attached hydrogen (secondary N) is 2. The van der Waals surface area contributed by atoms with E-state index in [2.05, 4.69) is 33.2 Å². The number of aliphatic carboxylic acids is 1. The van der Waals surface area contributed by atoms with Crippen LogP contribution in [0.3, 0.4) is 0 Å². The minimum Gasteiger partial charge on any atom is -0.481 e. The maximum atomic E-state index is 11.3. The van der Waals surface area contributed by atoms with Gasteiger partial charge in [0, 0.05) is 15.8 Å². The molecule has 1 aromatic rings. The fourth-order valence-electron chi connectivity index (χ4n) is 1.02. The van der Waals surface area contributed by atoms with E-state index in [0.717, 1.165) is 3.57 Å². The fraction of sp³-hybridized carbons (Fsp3) is 0.200. The lowest BCUT2D eigenvalue weighted by molar-refractivity contribution is -0.136. The average Bonchev–Trinajstić information content (AvgIpc) is 2.16. The Bertz CT molecular complexity index is 395. The number of rotatable bonds is 4. The second-order valence-electron chi connectivity index (χ2n) is 3.03. The number of hydrogen-bond acceptors (Lipinski definition) is 2. The van der Waals surface area contributed by atoms with Gasteiger partial charge in [0.25, 0.3) is 0 Å². The smallest absolute Gasteiger partial charge is 0.319 e. The summed E-state index contributed by atoms with van der Waals surface area (Å²) < 4.78 is 1.01. The quantitative estimate of drug-likeness (QED) is 0.736. The Labute approximate surface area is 106 Å². The van der Waals surface area contributed by atoms with Crippen LogP contribution in [0, 0.1) is 3.57 Å². The molecule has 2 amide bonds. The molecular formula is C10H11IN2O3. The number of halogens is 1. The van der Waals surface area contributed by atoms with E-state index in [1.165, 1.54) is 0 Å². The molecule has 0 heterocycles. The van der Waals surface area contributed by atoms with Crippen LogP contribution in [-0.2, 0) is 4.79 Å². The molecule has 0 saturated heterocycles. The normalized spacial score (nSPS) is 9.56. The monoisotopic (exact) mass is 334 g/mol. The van der Waals surface area contributed by atoms with Gasteiger partial charge in [0.05, 0.1) is 6.42 Å². The van der Waals surface area contributed by atoms with Crippen molar-refractivity contribution in [1.82, 2.24) is 5.32 Å². The van der Waals surface area contributed by atoms with Crippen LogP contribution in [0.1, 0.15) is 6.42 Å². The minimum atomic E-state index is -0.936. The average molecular weight is 334 g/mol. The molecule has 0 aliphatic rings. The molecule has 0 saturated carbocycles. The molecule has 5 nitrogen and oxygen atoms in total. The molecule has 0 unspecified atom stereocenters. The molecule has 0 spiro atoms. The van der Waals surface area contributed by atoms with Crippen molar-refractivity contribution >= 4 is 40.3 Å². The summed E-state index contributed by atoms with van der Waals surface area (Å²) in [6.07, 6.45) is -0.0836. The summed E-state index contributed by atoms with van der Waals surface area (Å²) in [5.74, 6) is -0.936. The molecule has 16 heavy (non-hydrogen) atoms. The highest BCUT2D eigenvalue weighted by Crippen LogP contribution is 2.11. The summed E-state index contributed by atoms with van der Waals surface area (Å²) in [6.45, 7) is 0.116. The van der Waals surface area contributed by atoms with Crippen molar-refractivity contribution in [1.29, 1.82) is 0 Å². The van der Waals surface area contributed by atoms with Gasteiger partial charge in [-0.15, -0.1) is 0 Å². The molecule has 0 aliphatic heterocycles. The molecule has 1 aromatic carbocycles. The first-order valence-electron chi connectivity index (χ1n) is 4.60. The van der Waals surface area contributed by atoms with E-state index in [1.807, 2.05) is 18.2 Å². The van der Waals surface area contributed by atoms with Crippen molar-refractivity contribution in [3.63, 3.8) is 0 Å². The molecule has 0 radical (unpaired) electrons. The Kier molecular flexibility index (Phi) is 5.03. The van der Waals surface area contributed by atoms with Crippen LogP contribution in [0.4, 0.5) is 10.5 Å². The Hall–Kier alpha value is -1.31.